The molecule has 2 heterocycles. The van der Waals surface area contributed by atoms with Crippen molar-refractivity contribution in [1.29, 1.82) is 0 Å². The van der Waals surface area contributed by atoms with Gasteiger partial charge in [-0.15, -0.1) is 0 Å². The number of carbonyl (C=O) groups is 4. The van der Waals surface area contributed by atoms with Crippen molar-refractivity contribution in [3.8, 4) is 0 Å². The summed E-state index contributed by atoms with van der Waals surface area (Å²) in [5.74, 6) is -3.51. The molecule has 2 aromatic rings. The van der Waals surface area contributed by atoms with E-state index in [2.05, 4.69) is 25.6 Å². The van der Waals surface area contributed by atoms with Crippen molar-refractivity contribution in [3.05, 3.63) is 47.6 Å². The van der Waals surface area contributed by atoms with Crippen LogP contribution in [0, 0.1) is 5.92 Å². The summed E-state index contributed by atoms with van der Waals surface area (Å²) >= 11 is 0. The van der Waals surface area contributed by atoms with Crippen molar-refractivity contribution in [3.63, 3.8) is 0 Å². The van der Waals surface area contributed by atoms with Gasteiger partial charge < -0.3 is 26.1 Å². The number of carbonyl (C=O) groups excluding carboxylic acids is 3. The van der Waals surface area contributed by atoms with Gasteiger partial charge in [-0.1, -0.05) is 43.3 Å². The predicted molar refractivity (Wildman–Crippen MR) is 124 cm³/mol. The first-order valence-corrected chi connectivity index (χ1v) is 10.8. The minimum Gasteiger partial charge on any atom is -0.481 e. The SMILES string of the molecule is CC(C)[C@H](NC(=O)c1ccc2ccccc2n1)C1=NOC(C(=O)N[C@@H](CC(=O)O)C(=O)C=[N+]=[N-])C1. The van der Waals surface area contributed by atoms with Crippen molar-refractivity contribution >= 4 is 46.4 Å². The molecule has 0 aliphatic carbocycles. The van der Waals surface area contributed by atoms with E-state index in [4.69, 9.17) is 15.5 Å². The van der Waals surface area contributed by atoms with Gasteiger partial charge in [-0.2, -0.15) is 4.79 Å². The topological polar surface area (TPSA) is 183 Å². The quantitative estimate of drug-likeness (QED) is 0.257. The normalized spacial score (nSPS) is 16.4. The number of amides is 2. The molecule has 3 rings (SSSR count). The van der Waals surface area contributed by atoms with Gasteiger partial charge in [0.25, 0.3) is 17.6 Å². The lowest BCUT2D eigenvalue weighted by Crippen LogP contribution is -2.48. The van der Waals surface area contributed by atoms with Gasteiger partial charge >= 0.3 is 12.2 Å². The smallest absolute Gasteiger partial charge is 0.325 e. The summed E-state index contributed by atoms with van der Waals surface area (Å²) in [6.45, 7) is 3.73. The number of pyridine rings is 1. The molecule has 1 unspecified atom stereocenters. The van der Waals surface area contributed by atoms with Crippen molar-refractivity contribution in [2.75, 3.05) is 0 Å². The number of benzene rings is 1. The standard InChI is InChI=1S/C23H24N6O6/c1-12(2)21(28-22(33)15-8-7-13-5-3-4-6-14(13)26-15)17-9-19(35-29-17)23(34)27-16(10-20(31)32)18(30)11-25-24/h3-8,11-12,16,19,21H,9-10H2,1-2H3,(H,27,34)(H,28,33)(H,31,32)/t16-,19?,21-/m0/s1. The lowest BCUT2D eigenvalue weighted by atomic mass is 9.95. The summed E-state index contributed by atoms with van der Waals surface area (Å²) in [5.41, 5.74) is 9.84. The second-order valence-electron chi connectivity index (χ2n) is 8.27. The number of oxime groups is 1. The van der Waals surface area contributed by atoms with E-state index in [9.17, 15) is 19.2 Å². The van der Waals surface area contributed by atoms with Crippen LogP contribution in [-0.4, -0.2) is 68.6 Å². The number of aliphatic carboxylic acids is 1. The van der Waals surface area contributed by atoms with Crippen molar-refractivity contribution in [2.45, 2.75) is 44.9 Å². The average molecular weight is 480 g/mol. The molecule has 182 valence electrons. The number of aromatic nitrogens is 1. The van der Waals surface area contributed by atoms with E-state index in [1.165, 1.54) is 0 Å². The molecule has 3 atom stereocenters. The number of rotatable bonds is 10. The Hall–Kier alpha value is -4.44. The Labute approximate surface area is 200 Å². The van der Waals surface area contributed by atoms with Gasteiger partial charge in [0.1, 0.15) is 11.7 Å². The maximum absolute atomic E-state index is 12.9. The number of hydrogen-bond acceptors (Lipinski definition) is 7. The molecule has 0 fully saturated rings. The fourth-order valence-electron chi connectivity index (χ4n) is 3.57. The third-order valence-electron chi connectivity index (χ3n) is 5.35. The Morgan fingerprint density at radius 3 is 2.63 bits per heavy atom. The molecule has 12 heteroatoms. The van der Waals surface area contributed by atoms with Gasteiger partial charge in [0, 0.05) is 11.8 Å². The molecule has 2 amide bonds. The molecule has 1 aromatic carbocycles. The largest absolute Gasteiger partial charge is 0.481 e. The third-order valence-corrected chi connectivity index (χ3v) is 5.35. The van der Waals surface area contributed by atoms with Gasteiger partial charge in [-0.3, -0.25) is 19.2 Å². The van der Waals surface area contributed by atoms with Crippen LogP contribution in [0.15, 0.2) is 41.6 Å². The molecule has 0 saturated heterocycles. The average Bonchev–Trinajstić information content (AvgIpc) is 3.31. The number of carboxylic acid groups (broad SMARTS) is 1. The number of fused-ring (bicyclic) bond motifs is 1. The van der Waals surface area contributed by atoms with E-state index >= 15 is 0 Å². The Kier molecular flexibility index (Phi) is 8.00. The van der Waals surface area contributed by atoms with Crippen molar-refractivity contribution in [2.24, 2.45) is 11.1 Å². The number of para-hydroxylation sites is 1. The van der Waals surface area contributed by atoms with Gasteiger partial charge in [-0.25, -0.2) is 4.98 Å². The Bertz CT molecular complexity index is 1240. The molecule has 12 nitrogen and oxygen atoms in total. The first-order valence-electron chi connectivity index (χ1n) is 10.8. The lowest BCUT2D eigenvalue weighted by Gasteiger charge is -2.22. The highest BCUT2D eigenvalue weighted by atomic mass is 16.6. The van der Waals surface area contributed by atoms with Crippen LogP contribution in [0.5, 0.6) is 0 Å². The summed E-state index contributed by atoms with van der Waals surface area (Å²) in [5, 5.41) is 19.0. The lowest BCUT2D eigenvalue weighted by molar-refractivity contribution is -0.140. The van der Waals surface area contributed by atoms with Gasteiger partial charge in [0.2, 0.25) is 6.10 Å². The fourth-order valence-corrected chi connectivity index (χ4v) is 3.57. The Morgan fingerprint density at radius 2 is 1.94 bits per heavy atom. The molecule has 0 saturated carbocycles. The number of nitrogens with one attached hydrogen (secondary N) is 2. The molecular weight excluding hydrogens is 456 g/mol. The highest BCUT2D eigenvalue weighted by molar-refractivity contribution is 6.28. The van der Waals surface area contributed by atoms with Gasteiger partial charge in [-0.05, 0) is 18.1 Å². The van der Waals surface area contributed by atoms with Crippen molar-refractivity contribution in [1.82, 2.24) is 15.6 Å². The highest BCUT2D eigenvalue weighted by Crippen LogP contribution is 2.19. The first kappa shape index (κ1) is 25.2. The minimum absolute atomic E-state index is 0.0161. The zero-order valence-corrected chi connectivity index (χ0v) is 19.0. The molecule has 3 N–H and O–H groups in total. The molecule has 1 aliphatic heterocycles. The van der Waals surface area contributed by atoms with E-state index in [-0.39, 0.29) is 18.0 Å². The molecule has 1 aromatic heterocycles. The third kappa shape index (κ3) is 6.33. The van der Waals surface area contributed by atoms with Crippen LogP contribution in [0.25, 0.3) is 16.4 Å². The number of ketones is 1. The summed E-state index contributed by atoms with van der Waals surface area (Å²) in [6, 6.07) is 8.82. The number of carboxylic acids is 1. The second kappa shape index (κ2) is 11.1. The van der Waals surface area contributed by atoms with E-state index in [0.717, 1.165) is 5.39 Å². The monoisotopic (exact) mass is 480 g/mol. The summed E-state index contributed by atoms with van der Waals surface area (Å²) in [6.07, 6.45) is -1.31. The maximum atomic E-state index is 12.9. The molecular formula is C23H24N6O6. The number of nitrogens with zero attached hydrogens (tertiary/aromatic N) is 4. The molecule has 35 heavy (non-hydrogen) atoms. The van der Waals surface area contributed by atoms with Gasteiger partial charge in [0.05, 0.1) is 23.7 Å². The first-order chi connectivity index (χ1) is 16.7. The predicted octanol–water partition coefficient (Wildman–Crippen LogP) is 0.963. The van der Waals surface area contributed by atoms with Crippen LogP contribution < -0.4 is 10.6 Å². The van der Waals surface area contributed by atoms with Crippen LogP contribution in [0.4, 0.5) is 0 Å². The fraction of sp³-hybridized carbons (Fsp3) is 0.348. The van der Waals surface area contributed by atoms with E-state index < -0.39 is 48.2 Å². The highest BCUT2D eigenvalue weighted by Gasteiger charge is 2.36. The van der Waals surface area contributed by atoms with Gasteiger partial charge in [0.15, 0.2) is 0 Å². The zero-order chi connectivity index (χ0) is 25.5. The molecule has 0 radical (unpaired) electrons. The van der Waals surface area contributed by atoms with E-state index in [1.54, 1.807) is 18.2 Å². The Morgan fingerprint density at radius 1 is 1.20 bits per heavy atom. The second-order valence-corrected chi connectivity index (χ2v) is 8.27. The van der Waals surface area contributed by atoms with E-state index in [1.807, 2.05) is 32.0 Å². The summed E-state index contributed by atoms with van der Waals surface area (Å²) < 4.78 is 0. The number of Topliss-reactive ketones (excluding diaryl/α,β-unsaturated/α-hetero) is 1. The van der Waals surface area contributed by atoms with Crippen LogP contribution in [0.1, 0.15) is 37.2 Å². The van der Waals surface area contributed by atoms with Crippen LogP contribution >= 0.6 is 0 Å². The van der Waals surface area contributed by atoms with Crippen LogP contribution in [-0.2, 0) is 19.2 Å². The van der Waals surface area contributed by atoms with Crippen LogP contribution in [0.2, 0.25) is 0 Å². The maximum Gasteiger partial charge on any atom is 0.325 e. The van der Waals surface area contributed by atoms with Crippen molar-refractivity contribution < 1.29 is 33.9 Å². The zero-order valence-electron chi connectivity index (χ0n) is 19.0. The molecule has 0 bridgehead atoms. The summed E-state index contributed by atoms with van der Waals surface area (Å²) in [7, 11) is 0. The number of hydrogen-bond donors (Lipinski definition) is 3. The minimum atomic E-state index is -1.44. The van der Waals surface area contributed by atoms with Crippen LogP contribution in [0.3, 0.4) is 0 Å². The van der Waals surface area contributed by atoms with E-state index in [0.29, 0.717) is 17.4 Å². The molecule has 0 spiro atoms. The summed E-state index contributed by atoms with van der Waals surface area (Å²) in [4.78, 5) is 60.6. The molecule has 1 aliphatic rings. The Balaban J connectivity index is 1.67.